The van der Waals surface area contributed by atoms with Crippen molar-refractivity contribution in [1.82, 2.24) is 19.8 Å². The summed E-state index contributed by atoms with van der Waals surface area (Å²) in [6.45, 7) is 13.3. The molecule has 20 heavy (non-hydrogen) atoms. The molecule has 116 valence electrons. The molecule has 0 aliphatic heterocycles. The Morgan fingerprint density at radius 1 is 1.45 bits per heavy atom. The van der Waals surface area contributed by atoms with Gasteiger partial charge in [-0.25, -0.2) is 4.98 Å². The van der Waals surface area contributed by atoms with E-state index in [1.807, 2.05) is 12.4 Å². The molecule has 4 heteroatoms. The van der Waals surface area contributed by atoms with E-state index in [0.717, 1.165) is 32.0 Å². The maximum Gasteiger partial charge on any atom is 0.122 e. The molecular weight excluding hydrogens is 248 g/mol. The summed E-state index contributed by atoms with van der Waals surface area (Å²) in [4.78, 5) is 6.78. The van der Waals surface area contributed by atoms with E-state index in [0.29, 0.717) is 11.3 Å². The molecule has 1 aromatic rings. The van der Waals surface area contributed by atoms with Crippen LogP contribution in [0.4, 0.5) is 0 Å². The van der Waals surface area contributed by atoms with Crippen molar-refractivity contribution in [3.8, 4) is 0 Å². The molecule has 0 aromatic carbocycles. The second kappa shape index (κ2) is 7.79. The summed E-state index contributed by atoms with van der Waals surface area (Å²) in [5.41, 5.74) is 0.314. The summed E-state index contributed by atoms with van der Waals surface area (Å²) < 4.78 is 2.09. The number of nitrogens with zero attached hydrogens (tertiary/aromatic N) is 3. The maximum atomic E-state index is 4.40. The number of rotatable bonds is 9. The summed E-state index contributed by atoms with van der Waals surface area (Å²) in [5.74, 6) is 1.84. The molecule has 0 saturated heterocycles. The summed E-state index contributed by atoms with van der Waals surface area (Å²) in [6.07, 6.45) is 5.06. The fourth-order valence-corrected chi connectivity index (χ4v) is 2.45. The quantitative estimate of drug-likeness (QED) is 0.754. The molecule has 1 unspecified atom stereocenters. The predicted octanol–water partition coefficient (Wildman–Crippen LogP) is 2.51. The van der Waals surface area contributed by atoms with Gasteiger partial charge in [-0.1, -0.05) is 27.7 Å². The summed E-state index contributed by atoms with van der Waals surface area (Å²) in [5, 5.41) is 3.60. The molecule has 4 nitrogen and oxygen atoms in total. The second-order valence-corrected chi connectivity index (χ2v) is 6.82. The normalized spacial score (nSPS) is 15.0. The molecule has 0 saturated carbocycles. The smallest absolute Gasteiger partial charge is 0.122 e. The molecule has 0 amide bonds. The zero-order valence-corrected chi connectivity index (χ0v) is 14.1. The van der Waals surface area contributed by atoms with Gasteiger partial charge >= 0.3 is 0 Å². The average Bonchev–Trinajstić information content (AvgIpc) is 2.74. The van der Waals surface area contributed by atoms with Gasteiger partial charge < -0.3 is 9.88 Å². The third-order valence-electron chi connectivity index (χ3n) is 3.94. The Hall–Kier alpha value is -0.870. The first-order valence-electron chi connectivity index (χ1n) is 7.72. The van der Waals surface area contributed by atoms with E-state index in [1.165, 1.54) is 6.42 Å². The van der Waals surface area contributed by atoms with Gasteiger partial charge in [0.15, 0.2) is 0 Å². The van der Waals surface area contributed by atoms with Crippen molar-refractivity contribution in [2.75, 3.05) is 26.7 Å². The molecule has 1 rings (SSSR count). The molecule has 0 radical (unpaired) electrons. The lowest BCUT2D eigenvalue weighted by molar-refractivity contribution is 0.170. The fourth-order valence-electron chi connectivity index (χ4n) is 2.45. The number of aromatic nitrogens is 2. The van der Waals surface area contributed by atoms with Crippen LogP contribution in [0, 0.1) is 11.3 Å². The summed E-state index contributed by atoms with van der Waals surface area (Å²) in [6, 6.07) is 0. The van der Waals surface area contributed by atoms with Gasteiger partial charge in [-0.15, -0.1) is 0 Å². The number of imidazole rings is 1. The van der Waals surface area contributed by atoms with Crippen LogP contribution in [0.25, 0.3) is 0 Å². The summed E-state index contributed by atoms with van der Waals surface area (Å²) in [7, 11) is 4.24. The average molecular weight is 280 g/mol. The van der Waals surface area contributed by atoms with Crippen molar-refractivity contribution in [2.24, 2.45) is 18.4 Å². The molecular formula is C16H32N4. The van der Waals surface area contributed by atoms with Gasteiger partial charge in [0.2, 0.25) is 0 Å². The topological polar surface area (TPSA) is 33.1 Å². The third kappa shape index (κ3) is 5.63. The van der Waals surface area contributed by atoms with E-state index in [4.69, 9.17) is 0 Å². The number of aryl methyl sites for hydroxylation is 1. The lowest BCUT2D eigenvalue weighted by Gasteiger charge is -2.33. The van der Waals surface area contributed by atoms with Crippen molar-refractivity contribution >= 4 is 0 Å². The molecule has 0 fully saturated rings. The van der Waals surface area contributed by atoms with Gasteiger partial charge in [0.1, 0.15) is 5.82 Å². The lowest BCUT2D eigenvalue weighted by Crippen LogP contribution is -2.41. The molecule has 1 heterocycles. The highest BCUT2D eigenvalue weighted by Gasteiger charge is 2.24. The van der Waals surface area contributed by atoms with Crippen LogP contribution in [0.5, 0.6) is 0 Å². The Bertz CT molecular complexity index is 386. The largest absolute Gasteiger partial charge is 0.337 e. The number of hydrogen-bond donors (Lipinski definition) is 1. The van der Waals surface area contributed by atoms with Crippen LogP contribution in [0.1, 0.15) is 39.9 Å². The van der Waals surface area contributed by atoms with Crippen molar-refractivity contribution < 1.29 is 0 Å². The van der Waals surface area contributed by atoms with Crippen LogP contribution in [0.3, 0.4) is 0 Å². The molecule has 1 N–H and O–H groups in total. The zero-order chi connectivity index (χ0) is 15.2. The van der Waals surface area contributed by atoms with E-state index in [-0.39, 0.29) is 0 Å². The van der Waals surface area contributed by atoms with Crippen LogP contribution < -0.4 is 5.32 Å². The Morgan fingerprint density at radius 3 is 2.65 bits per heavy atom. The van der Waals surface area contributed by atoms with Crippen LogP contribution >= 0.6 is 0 Å². The Labute approximate surface area is 124 Å². The van der Waals surface area contributed by atoms with Crippen molar-refractivity contribution in [2.45, 2.75) is 40.7 Å². The van der Waals surface area contributed by atoms with Gasteiger partial charge in [0.05, 0.1) is 6.54 Å². The molecule has 1 aromatic heterocycles. The van der Waals surface area contributed by atoms with Crippen molar-refractivity contribution in [1.29, 1.82) is 0 Å². The molecule has 0 spiro atoms. The van der Waals surface area contributed by atoms with Gasteiger partial charge in [-0.05, 0) is 31.3 Å². The van der Waals surface area contributed by atoms with E-state index in [9.17, 15) is 0 Å². The molecule has 1 atom stereocenters. The Kier molecular flexibility index (Phi) is 6.69. The Balaban J connectivity index is 2.47. The lowest BCUT2D eigenvalue weighted by atomic mass is 9.86. The van der Waals surface area contributed by atoms with Gasteiger partial charge in [-0.2, -0.15) is 0 Å². The minimum atomic E-state index is 0.314. The van der Waals surface area contributed by atoms with Crippen molar-refractivity contribution in [3.63, 3.8) is 0 Å². The fraction of sp³-hybridized carbons (Fsp3) is 0.812. The summed E-state index contributed by atoms with van der Waals surface area (Å²) >= 11 is 0. The highest BCUT2D eigenvalue weighted by Crippen LogP contribution is 2.22. The zero-order valence-electron chi connectivity index (χ0n) is 14.1. The van der Waals surface area contributed by atoms with E-state index in [1.54, 1.807) is 0 Å². The van der Waals surface area contributed by atoms with Crippen molar-refractivity contribution in [3.05, 3.63) is 18.2 Å². The third-order valence-corrected chi connectivity index (χ3v) is 3.94. The SMILES string of the molecule is CCC(C)(CNCC(C)C)CN(C)Cc1nccn1C. The number of nitrogens with one attached hydrogen (secondary N) is 1. The first kappa shape index (κ1) is 17.2. The number of hydrogen-bond acceptors (Lipinski definition) is 3. The van der Waals surface area contributed by atoms with Gasteiger partial charge in [0.25, 0.3) is 0 Å². The minimum Gasteiger partial charge on any atom is -0.337 e. The highest BCUT2D eigenvalue weighted by molar-refractivity contribution is 4.91. The molecule has 0 aliphatic carbocycles. The van der Waals surface area contributed by atoms with Crippen LogP contribution in [0.15, 0.2) is 12.4 Å². The van der Waals surface area contributed by atoms with Gasteiger partial charge in [0, 0.05) is 32.5 Å². The first-order chi connectivity index (χ1) is 9.36. The van der Waals surface area contributed by atoms with Crippen LogP contribution in [-0.4, -0.2) is 41.1 Å². The van der Waals surface area contributed by atoms with Crippen LogP contribution in [0.2, 0.25) is 0 Å². The molecule has 0 aliphatic rings. The predicted molar refractivity (Wildman–Crippen MR) is 85.6 cm³/mol. The van der Waals surface area contributed by atoms with Gasteiger partial charge in [-0.3, -0.25) is 4.90 Å². The van der Waals surface area contributed by atoms with E-state index >= 15 is 0 Å². The molecule has 0 bridgehead atoms. The monoisotopic (exact) mass is 280 g/mol. The minimum absolute atomic E-state index is 0.314. The van der Waals surface area contributed by atoms with E-state index in [2.05, 4.69) is 61.6 Å². The Morgan fingerprint density at radius 2 is 2.15 bits per heavy atom. The second-order valence-electron chi connectivity index (χ2n) is 6.82. The van der Waals surface area contributed by atoms with Crippen LogP contribution in [-0.2, 0) is 13.6 Å². The standard InChI is InChI=1S/C16H32N4/c1-7-16(4,12-17-10-14(2)3)13-19(5)11-15-18-8-9-20(15)6/h8-9,14,17H,7,10-13H2,1-6H3. The van der Waals surface area contributed by atoms with E-state index < -0.39 is 0 Å². The highest BCUT2D eigenvalue weighted by atomic mass is 15.2. The maximum absolute atomic E-state index is 4.40. The first-order valence-corrected chi connectivity index (χ1v) is 7.72.